The number of hydrogen-bond donors (Lipinski definition) is 0. The number of aryl methyl sites for hydroxylation is 1. The molecule has 1 amide bonds. The molecule has 0 aliphatic carbocycles. The molecule has 0 aromatic carbocycles. The van der Waals surface area contributed by atoms with Crippen molar-refractivity contribution in [2.45, 2.75) is 46.7 Å². The largest absolute Gasteiger partial charge is 0.468 e. The van der Waals surface area contributed by atoms with Crippen LogP contribution in [0.25, 0.3) is 11.0 Å². The van der Waals surface area contributed by atoms with Crippen LogP contribution in [0.5, 0.6) is 0 Å². The molecular weight excluding hydrogens is 308 g/mol. The summed E-state index contributed by atoms with van der Waals surface area (Å²) in [6.45, 7) is 9.50. The third-order valence-corrected chi connectivity index (χ3v) is 3.83. The number of carbonyl (C=O) groups is 2. The number of hydrogen-bond acceptors (Lipinski definition) is 5. The highest BCUT2D eigenvalue weighted by molar-refractivity contribution is 6.06. The SMILES string of the molecule is COC(=O)CN(C(=O)c1cc(C)nc2c1cnn2C(C)C)C(C)C. The standard InChI is InChI=1S/C17H24N4O3/c1-10(2)20(9-15(22)24-6)17(23)13-7-12(5)19-16-14(13)8-18-21(16)11(3)4/h7-8,10-11H,9H2,1-6H3. The van der Waals surface area contributed by atoms with Gasteiger partial charge in [0.1, 0.15) is 6.54 Å². The molecule has 2 aromatic heterocycles. The van der Waals surface area contributed by atoms with Gasteiger partial charge in [0.15, 0.2) is 5.65 Å². The molecule has 24 heavy (non-hydrogen) atoms. The van der Waals surface area contributed by atoms with Crippen LogP contribution in [0.1, 0.15) is 49.8 Å². The monoisotopic (exact) mass is 332 g/mol. The van der Waals surface area contributed by atoms with E-state index >= 15 is 0 Å². The number of aromatic nitrogens is 3. The summed E-state index contributed by atoms with van der Waals surface area (Å²) in [5.41, 5.74) is 1.91. The van der Waals surface area contributed by atoms with Gasteiger partial charge in [-0.1, -0.05) is 0 Å². The number of amides is 1. The molecule has 0 aliphatic heterocycles. The molecule has 0 radical (unpaired) electrons. The van der Waals surface area contributed by atoms with Crippen molar-refractivity contribution < 1.29 is 14.3 Å². The van der Waals surface area contributed by atoms with E-state index in [0.29, 0.717) is 16.6 Å². The van der Waals surface area contributed by atoms with Gasteiger partial charge in [0, 0.05) is 17.8 Å². The third-order valence-electron chi connectivity index (χ3n) is 3.83. The number of nitrogens with zero attached hydrogens (tertiary/aromatic N) is 4. The van der Waals surface area contributed by atoms with Crippen LogP contribution in [0.2, 0.25) is 0 Å². The van der Waals surface area contributed by atoms with Gasteiger partial charge in [-0.25, -0.2) is 9.67 Å². The smallest absolute Gasteiger partial charge is 0.325 e. The molecule has 0 unspecified atom stereocenters. The van der Waals surface area contributed by atoms with Crippen LogP contribution in [0.4, 0.5) is 0 Å². The Kier molecular flexibility index (Phi) is 5.21. The number of esters is 1. The maximum atomic E-state index is 13.0. The average Bonchev–Trinajstić information content (AvgIpc) is 2.94. The van der Waals surface area contributed by atoms with Crippen molar-refractivity contribution in [2.24, 2.45) is 0 Å². The van der Waals surface area contributed by atoms with Gasteiger partial charge in [0.25, 0.3) is 5.91 Å². The minimum absolute atomic E-state index is 0.0891. The molecular formula is C17H24N4O3. The van der Waals surface area contributed by atoms with Crippen molar-refractivity contribution in [3.8, 4) is 0 Å². The predicted molar refractivity (Wildman–Crippen MR) is 90.8 cm³/mol. The molecule has 7 nitrogen and oxygen atoms in total. The van der Waals surface area contributed by atoms with Crippen LogP contribution < -0.4 is 0 Å². The first-order valence-electron chi connectivity index (χ1n) is 7.98. The zero-order chi connectivity index (χ0) is 18.0. The Morgan fingerprint density at radius 3 is 2.50 bits per heavy atom. The van der Waals surface area contributed by atoms with Gasteiger partial charge < -0.3 is 9.64 Å². The molecule has 0 saturated carbocycles. The molecule has 0 spiro atoms. The summed E-state index contributed by atoms with van der Waals surface area (Å²) in [5.74, 6) is -0.675. The zero-order valence-electron chi connectivity index (χ0n) is 15.0. The highest BCUT2D eigenvalue weighted by Gasteiger charge is 2.25. The van der Waals surface area contributed by atoms with Crippen molar-refractivity contribution >= 4 is 22.9 Å². The number of methoxy groups -OCH3 is 1. The lowest BCUT2D eigenvalue weighted by atomic mass is 10.1. The van der Waals surface area contributed by atoms with E-state index in [0.717, 1.165) is 5.69 Å². The van der Waals surface area contributed by atoms with Gasteiger partial charge >= 0.3 is 5.97 Å². The van der Waals surface area contributed by atoms with Gasteiger partial charge in [-0.2, -0.15) is 5.10 Å². The first kappa shape index (κ1) is 17.9. The van der Waals surface area contributed by atoms with Crippen LogP contribution in [-0.4, -0.2) is 51.2 Å². The van der Waals surface area contributed by atoms with Crippen molar-refractivity contribution in [1.29, 1.82) is 0 Å². The van der Waals surface area contributed by atoms with E-state index in [1.807, 2.05) is 34.6 Å². The summed E-state index contributed by atoms with van der Waals surface area (Å²) in [6.07, 6.45) is 1.66. The van der Waals surface area contributed by atoms with E-state index in [4.69, 9.17) is 4.74 Å². The van der Waals surface area contributed by atoms with Crippen molar-refractivity contribution in [3.63, 3.8) is 0 Å². The summed E-state index contributed by atoms with van der Waals surface area (Å²) >= 11 is 0. The Balaban J connectivity index is 2.53. The predicted octanol–water partition coefficient (Wildman–Crippen LogP) is 2.34. The molecule has 2 aromatic rings. The average molecular weight is 332 g/mol. The number of ether oxygens (including phenoxy) is 1. The molecule has 2 heterocycles. The quantitative estimate of drug-likeness (QED) is 0.786. The molecule has 130 valence electrons. The second-order valence-electron chi connectivity index (χ2n) is 6.33. The minimum Gasteiger partial charge on any atom is -0.468 e. The lowest BCUT2D eigenvalue weighted by Gasteiger charge is -2.26. The molecule has 2 rings (SSSR count). The number of pyridine rings is 1. The molecule has 0 fully saturated rings. The lowest BCUT2D eigenvalue weighted by molar-refractivity contribution is -0.141. The summed E-state index contributed by atoms with van der Waals surface area (Å²) in [6, 6.07) is 1.74. The maximum absolute atomic E-state index is 13.0. The van der Waals surface area contributed by atoms with Gasteiger partial charge in [-0.15, -0.1) is 0 Å². The Labute approximate surface area is 141 Å². The fraction of sp³-hybridized carbons (Fsp3) is 0.529. The fourth-order valence-corrected chi connectivity index (χ4v) is 2.55. The van der Waals surface area contributed by atoms with Crippen LogP contribution in [-0.2, 0) is 9.53 Å². The van der Waals surface area contributed by atoms with E-state index in [2.05, 4.69) is 10.1 Å². The van der Waals surface area contributed by atoms with Crippen LogP contribution >= 0.6 is 0 Å². The second-order valence-corrected chi connectivity index (χ2v) is 6.33. The summed E-state index contributed by atoms with van der Waals surface area (Å²) in [4.78, 5) is 30.7. The summed E-state index contributed by atoms with van der Waals surface area (Å²) in [7, 11) is 1.31. The Morgan fingerprint density at radius 2 is 1.96 bits per heavy atom. The van der Waals surface area contributed by atoms with Crippen LogP contribution in [0, 0.1) is 6.92 Å². The molecule has 7 heteroatoms. The van der Waals surface area contributed by atoms with Gasteiger partial charge in [0.05, 0.1) is 24.3 Å². The minimum atomic E-state index is -0.447. The Hall–Kier alpha value is -2.44. The van der Waals surface area contributed by atoms with Gasteiger partial charge in [-0.3, -0.25) is 9.59 Å². The number of fused-ring (bicyclic) bond motifs is 1. The van der Waals surface area contributed by atoms with Gasteiger partial charge in [-0.05, 0) is 40.7 Å². The highest BCUT2D eigenvalue weighted by atomic mass is 16.5. The Bertz CT molecular complexity index is 765. The molecule has 0 bridgehead atoms. The first-order chi connectivity index (χ1) is 11.3. The topological polar surface area (TPSA) is 77.3 Å². The lowest BCUT2D eigenvalue weighted by Crippen LogP contribution is -2.41. The molecule has 0 atom stereocenters. The van der Waals surface area contributed by atoms with Crippen molar-refractivity contribution in [1.82, 2.24) is 19.7 Å². The van der Waals surface area contributed by atoms with E-state index in [-0.39, 0.29) is 24.5 Å². The molecule has 0 aliphatic rings. The Morgan fingerprint density at radius 1 is 1.29 bits per heavy atom. The van der Waals surface area contributed by atoms with Crippen LogP contribution in [0.15, 0.2) is 12.3 Å². The summed E-state index contributed by atoms with van der Waals surface area (Å²) < 4.78 is 6.49. The van der Waals surface area contributed by atoms with E-state index in [1.165, 1.54) is 12.0 Å². The molecule has 0 N–H and O–H groups in total. The second kappa shape index (κ2) is 6.98. The van der Waals surface area contributed by atoms with E-state index < -0.39 is 5.97 Å². The van der Waals surface area contributed by atoms with E-state index in [9.17, 15) is 9.59 Å². The first-order valence-corrected chi connectivity index (χ1v) is 7.98. The normalized spacial score (nSPS) is 11.3. The van der Waals surface area contributed by atoms with E-state index in [1.54, 1.807) is 16.9 Å². The highest BCUT2D eigenvalue weighted by Crippen LogP contribution is 2.23. The maximum Gasteiger partial charge on any atom is 0.325 e. The third kappa shape index (κ3) is 3.39. The van der Waals surface area contributed by atoms with Crippen molar-refractivity contribution in [2.75, 3.05) is 13.7 Å². The summed E-state index contributed by atoms with van der Waals surface area (Å²) in [5, 5.41) is 5.04. The van der Waals surface area contributed by atoms with Gasteiger partial charge in [0.2, 0.25) is 0 Å². The van der Waals surface area contributed by atoms with Crippen LogP contribution in [0.3, 0.4) is 0 Å². The van der Waals surface area contributed by atoms with Crippen molar-refractivity contribution in [3.05, 3.63) is 23.5 Å². The number of rotatable bonds is 5. The fourth-order valence-electron chi connectivity index (χ4n) is 2.55. The molecule has 0 saturated heterocycles. The zero-order valence-corrected chi connectivity index (χ0v) is 15.0. The number of carbonyl (C=O) groups excluding carboxylic acids is 2.